The zero-order chi connectivity index (χ0) is 12.3. The second-order valence-corrected chi connectivity index (χ2v) is 5.74. The molecule has 1 aromatic heterocycles. The third kappa shape index (κ3) is 3.15. The van der Waals surface area contributed by atoms with Gasteiger partial charge < -0.3 is 5.32 Å². The highest BCUT2D eigenvalue weighted by atomic mass is 79.9. The van der Waals surface area contributed by atoms with Gasteiger partial charge in [0.05, 0.1) is 10.7 Å². The molecule has 0 unspecified atom stereocenters. The summed E-state index contributed by atoms with van der Waals surface area (Å²) in [5.41, 5.74) is 3.52. The van der Waals surface area contributed by atoms with Gasteiger partial charge in [0.15, 0.2) is 0 Å². The molecule has 0 fully saturated rings. The Morgan fingerprint density at radius 3 is 2.94 bits per heavy atom. The first-order valence-electron chi connectivity index (χ1n) is 5.56. The second-order valence-electron chi connectivity index (χ2n) is 3.94. The van der Waals surface area contributed by atoms with Crippen LogP contribution in [0.2, 0.25) is 0 Å². The first kappa shape index (κ1) is 12.7. The number of likely N-dealkylation sites (N-methyl/N-ethyl adjacent to an activating group) is 1. The van der Waals surface area contributed by atoms with Crippen LogP contribution in [-0.4, -0.2) is 18.6 Å². The summed E-state index contributed by atoms with van der Waals surface area (Å²) in [6, 6.07) is 6.35. The van der Waals surface area contributed by atoms with Crippen molar-refractivity contribution >= 4 is 27.3 Å². The summed E-state index contributed by atoms with van der Waals surface area (Å²) in [5, 5.41) is 6.46. The lowest BCUT2D eigenvalue weighted by Crippen LogP contribution is -2.09. The number of halogens is 1. The SMILES string of the molecule is CNCCc1nc(-c2ccc(Br)c(C)c2)cs1. The van der Waals surface area contributed by atoms with Crippen molar-refractivity contribution in [2.24, 2.45) is 0 Å². The zero-order valence-corrected chi connectivity index (χ0v) is 12.4. The van der Waals surface area contributed by atoms with Crippen LogP contribution in [0, 0.1) is 6.92 Å². The standard InChI is InChI=1S/C13H15BrN2S/c1-9-7-10(3-4-11(9)14)12-8-17-13(16-12)5-6-15-2/h3-4,7-8,15H,5-6H2,1-2H3. The van der Waals surface area contributed by atoms with Crippen molar-refractivity contribution in [3.63, 3.8) is 0 Å². The van der Waals surface area contributed by atoms with Crippen LogP contribution in [0.4, 0.5) is 0 Å². The number of aromatic nitrogens is 1. The molecule has 0 amide bonds. The first-order chi connectivity index (χ1) is 8.20. The maximum Gasteiger partial charge on any atom is 0.0945 e. The molecule has 2 nitrogen and oxygen atoms in total. The number of hydrogen-bond donors (Lipinski definition) is 1. The third-order valence-corrected chi connectivity index (χ3v) is 4.39. The molecular formula is C13H15BrN2S. The van der Waals surface area contributed by atoms with E-state index in [2.05, 4.69) is 56.7 Å². The highest BCUT2D eigenvalue weighted by Gasteiger charge is 2.05. The Hall–Kier alpha value is -0.710. The van der Waals surface area contributed by atoms with Crippen LogP contribution in [0.5, 0.6) is 0 Å². The molecule has 17 heavy (non-hydrogen) atoms. The molecule has 1 N–H and O–H groups in total. The second kappa shape index (κ2) is 5.76. The summed E-state index contributed by atoms with van der Waals surface area (Å²) < 4.78 is 1.15. The van der Waals surface area contributed by atoms with Crippen molar-refractivity contribution < 1.29 is 0 Å². The van der Waals surface area contributed by atoms with Gasteiger partial charge in [-0.15, -0.1) is 11.3 Å². The van der Waals surface area contributed by atoms with E-state index in [4.69, 9.17) is 0 Å². The van der Waals surface area contributed by atoms with Crippen molar-refractivity contribution in [2.45, 2.75) is 13.3 Å². The maximum atomic E-state index is 4.65. The van der Waals surface area contributed by atoms with E-state index < -0.39 is 0 Å². The topological polar surface area (TPSA) is 24.9 Å². The summed E-state index contributed by atoms with van der Waals surface area (Å²) in [4.78, 5) is 4.65. The predicted molar refractivity (Wildman–Crippen MR) is 77.6 cm³/mol. The van der Waals surface area contributed by atoms with E-state index in [9.17, 15) is 0 Å². The lowest BCUT2D eigenvalue weighted by Gasteiger charge is -2.01. The molecule has 2 aromatic rings. The summed E-state index contributed by atoms with van der Waals surface area (Å²) in [6.45, 7) is 3.08. The molecule has 2 rings (SSSR count). The molecule has 0 aliphatic heterocycles. The fourth-order valence-electron chi connectivity index (χ4n) is 1.59. The number of rotatable bonds is 4. The Bertz CT molecular complexity index is 508. The Kier molecular flexibility index (Phi) is 4.31. The molecule has 0 saturated heterocycles. The summed E-state index contributed by atoms with van der Waals surface area (Å²) in [6.07, 6.45) is 0.997. The fraction of sp³-hybridized carbons (Fsp3) is 0.308. The predicted octanol–water partition coefficient (Wildman–Crippen LogP) is 3.64. The molecule has 0 radical (unpaired) electrons. The highest BCUT2D eigenvalue weighted by Crippen LogP contribution is 2.26. The Labute approximate surface area is 114 Å². The Balaban J connectivity index is 2.21. The first-order valence-corrected chi connectivity index (χ1v) is 7.23. The fourth-order valence-corrected chi connectivity index (χ4v) is 2.65. The normalized spacial score (nSPS) is 10.8. The van der Waals surface area contributed by atoms with Crippen molar-refractivity contribution in [2.75, 3.05) is 13.6 Å². The van der Waals surface area contributed by atoms with Crippen LogP contribution in [0.25, 0.3) is 11.3 Å². The van der Waals surface area contributed by atoms with Crippen LogP contribution < -0.4 is 5.32 Å². The lowest BCUT2D eigenvalue weighted by atomic mass is 10.1. The van der Waals surface area contributed by atoms with Crippen LogP contribution in [-0.2, 0) is 6.42 Å². The summed E-state index contributed by atoms with van der Waals surface area (Å²) >= 11 is 5.25. The molecule has 90 valence electrons. The van der Waals surface area contributed by atoms with Crippen LogP contribution in [0.3, 0.4) is 0 Å². The third-order valence-electron chi connectivity index (χ3n) is 2.59. The van der Waals surface area contributed by atoms with Gasteiger partial charge in [-0.2, -0.15) is 0 Å². The van der Waals surface area contributed by atoms with E-state index in [1.165, 1.54) is 16.1 Å². The van der Waals surface area contributed by atoms with Crippen molar-refractivity contribution in [1.29, 1.82) is 0 Å². The maximum absolute atomic E-state index is 4.65. The van der Waals surface area contributed by atoms with Gasteiger partial charge in [-0.3, -0.25) is 0 Å². The quantitative estimate of drug-likeness (QED) is 0.932. The van der Waals surface area contributed by atoms with Gasteiger partial charge in [-0.25, -0.2) is 4.98 Å². The molecule has 1 heterocycles. The van der Waals surface area contributed by atoms with E-state index in [1.54, 1.807) is 11.3 Å². The number of nitrogens with one attached hydrogen (secondary N) is 1. The van der Waals surface area contributed by atoms with Crippen molar-refractivity contribution in [3.05, 3.63) is 38.6 Å². The van der Waals surface area contributed by atoms with Crippen LogP contribution in [0.15, 0.2) is 28.1 Å². The van der Waals surface area contributed by atoms with Gasteiger partial charge >= 0.3 is 0 Å². The van der Waals surface area contributed by atoms with Gasteiger partial charge in [-0.1, -0.05) is 22.0 Å². The number of thiazole rings is 1. The van der Waals surface area contributed by atoms with E-state index in [0.29, 0.717) is 0 Å². The zero-order valence-electron chi connectivity index (χ0n) is 9.96. The van der Waals surface area contributed by atoms with Crippen molar-refractivity contribution in [1.82, 2.24) is 10.3 Å². The molecular weight excluding hydrogens is 296 g/mol. The molecule has 0 atom stereocenters. The molecule has 0 bridgehead atoms. The highest BCUT2D eigenvalue weighted by molar-refractivity contribution is 9.10. The van der Waals surface area contributed by atoms with Gasteiger partial charge in [0.25, 0.3) is 0 Å². The van der Waals surface area contributed by atoms with Gasteiger partial charge in [0, 0.05) is 28.4 Å². The van der Waals surface area contributed by atoms with Gasteiger partial charge in [0.2, 0.25) is 0 Å². The minimum absolute atomic E-state index is 0.978. The molecule has 0 aliphatic carbocycles. The average molecular weight is 311 g/mol. The monoisotopic (exact) mass is 310 g/mol. The van der Waals surface area contributed by atoms with Gasteiger partial charge in [-0.05, 0) is 31.7 Å². The Morgan fingerprint density at radius 1 is 1.41 bits per heavy atom. The number of nitrogens with zero attached hydrogens (tertiary/aromatic N) is 1. The number of benzene rings is 1. The molecule has 4 heteroatoms. The molecule has 0 aliphatic rings. The smallest absolute Gasteiger partial charge is 0.0945 e. The minimum atomic E-state index is 0.978. The molecule has 0 spiro atoms. The summed E-state index contributed by atoms with van der Waals surface area (Å²) in [5.74, 6) is 0. The van der Waals surface area contributed by atoms with Crippen molar-refractivity contribution in [3.8, 4) is 11.3 Å². The Morgan fingerprint density at radius 2 is 2.24 bits per heavy atom. The minimum Gasteiger partial charge on any atom is -0.319 e. The number of aryl methyl sites for hydroxylation is 1. The summed E-state index contributed by atoms with van der Waals surface area (Å²) in [7, 11) is 1.96. The van der Waals surface area contributed by atoms with E-state index in [-0.39, 0.29) is 0 Å². The van der Waals surface area contributed by atoms with Gasteiger partial charge in [0.1, 0.15) is 0 Å². The average Bonchev–Trinajstić information content (AvgIpc) is 2.79. The molecule has 1 aromatic carbocycles. The lowest BCUT2D eigenvalue weighted by molar-refractivity contribution is 0.788. The molecule has 0 saturated carbocycles. The van der Waals surface area contributed by atoms with E-state index >= 15 is 0 Å². The number of hydrogen-bond acceptors (Lipinski definition) is 3. The van der Waals surface area contributed by atoms with E-state index in [0.717, 1.165) is 23.1 Å². The van der Waals surface area contributed by atoms with Crippen LogP contribution >= 0.6 is 27.3 Å². The largest absolute Gasteiger partial charge is 0.319 e. The van der Waals surface area contributed by atoms with Crippen LogP contribution in [0.1, 0.15) is 10.6 Å². The van der Waals surface area contributed by atoms with E-state index in [1.807, 2.05) is 7.05 Å².